The number of benzene rings is 2. The van der Waals surface area contributed by atoms with Crippen LogP contribution in [0.3, 0.4) is 0 Å². The molecule has 1 fully saturated rings. The molecule has 1 saturated heterocycles. The Balaban J connectivity index is 1.52. The molecule has 0 radical (unpaired) electrons. The molecule has 0 bridgehead atoms. The van der Waals surface area contributed by atoms with Crippen molar-refractivity contribution in [3.05, 3.63) is 59.7 Å². The minimum Gasteiger partial charge on any atom is -0.371 e. The van der Waals surface area contributed by atoms with Gasteiger partial charge in [0.15, 0.2) is 0 Å². The van der Waals surface area contributed by atoms with Gasteiger partial charge in [-0.3, -0.25) is 9.59 Å². The Morgan fingerprint density at radius 2 is 1.73 bits per heavy atom. The number of nitrogens with zero attached hydrogens (tertiary/aromatic N) is 1. The first-order valence-electron chi connectivity index (χ1n) is 9.85. The molecule has 0 spiro atoms. The van der Waals surface area contributed by atoms with Crippen LogP contribution < -0.4 is 15.5 Å². The minimum absolute atomic E-state index is 0.0420. The van der Waals surface area contributed by atoms with Crippen molar-refractivity contribution >= 4 is 23.2 Å². The number of hydrogen-bond donors (Lipinski definition) is 2. The standard InChI is InChI=1S/C22H24F3N3O2/c1-15(26-21(30)16-7-9-17(10-8-16)22(23,24)25)13-20(29)27-18-5-4-6-19(14-18)28-11-2-3-12-28/h4-10,14-15H,2-3,11-13H2,1H3,(H,26,30)(H,27,29). The van der Waals surface area contributed by atoms with Crippen molar-refractivity contribution in [3.63, 3.8) is 0 Å². The van der Waals surface area contributed by atoms with E-state index in [0.29, 0.717) is 5.69 Å². The fourth-order valence-electron chi connectivity index (χ4n) is 3.41. The lowest BCUT2D eigenvalue weighted by Gasteiger charge is -2.19. The van der Waals surface area contributed by atoms with Crippen LogP contribution in [0.15, 0.2) is 48.5 Å². The molecule has 0 saturated carbocycles. The first kappa shape index (κ1) is 21.7. The molecular formula is C22H24F3N3O2. The molecule has 1 atom stereocenters. The van der Waals surface area contributed by atoms with Gasteiger partial charge in [-0.05, 0) is 62.2 Å². The molecule has 30 heavy (non-hydrogen) atoms. The average molecular weight is 419 g/mol. The van der Waals surface area contributed by atoms with Gasteiger partial charge in [0.1, 0.15) is 0 Å². The highest BCUT2D eigenvalue weighted by molar-refractivity contribution is 5.95. The molecule has 160 valence electrons. The zero-order chi connectivity index (χ0) is 21.7. The molecule has 2 aromatic rings. The summed E-state index contributed by atoms with van der Waals surface area (Å²) in [6, 6.07) is 11.1. The lowest BCUT2D eigenvalue weighted by atomic mass is 10.1. The summed E-state index contributed by atoms with van der Waals surface area (Å²) >= 11 is 0. The maximum atomic E-state index is 12.6. The zero-order valence-corrected chi connectivity index (χ0v) is 16.6. The van der Waals surface area contributed by atoms with E-state index >= 15 is 0 Å². The van der Waals surface area contributed by atoms with Crippen LogP contribution in [0, 0.1) is 0 Å². The summed E-state index contributed by atoms with van der Waals surface area (Å²) in [5, 5.41) is 5.47. The fourth-order valence-corrected chi connectivity index (χ4v) is 3.41. The molecule has 2 N–H and O–H groups in total. The molecule has 1 unspecified atom stereocenters. The summed E-state index contributed by atoms with van der Waals surface area (Å²) in [5.74, 6) is -0.783. The molecule has 0 aliphatic carbocycles. The maximum absolute atomic E-state index is 12.6. The Labute approximate surface area is 173 Å². The van der Waals surface area contributed by atoms with Gasteiger partial charge in [-0.15, -0.1) is 0 Å². The van der Waals surface area contributed by atoms with Gasteiger partial charge in [0.05, 0.1) is 5.56 Å². The Bertz CT molecular complexity index is 891. The molecule has 5 nitrogen and oxygen atoms in total. The molecule has 1 heterocycles. The monoisotopic (exact) mass is 419 g/mol. The number of carbonyl (C=O) groups is 2. The van der Waals surface area contributed by atoms with Crippen LogP contribution in [0.4, 0.5) is 24.5 Å². The van der Waals surface area contributed by atoms with E-state index in [2.05, 4.69) is 15.5 Å². The molecule has 0 aromatic heterocycles. The second-order valence-corrected chi connectivity index (χ2v) is 7.45. The number of rotatable bonds is 6. The predicted molar refractivity (Wildman–Crippen MR) is 110 cm³/mol. The van der Waals surface area contributed by atoms with E-state index in [4.69, 9.17) is 0 Å². The number of amides is 2. The normalized spacial score (nSPS) is 15.0. The van der Waals surface area contributed by atoms with Crippen molar-refractivity contribution in [3.8, 4) is 0 Å². The largest absolute Gasteiger partial charge is 0.416 e. The second kappa shape index (κ2) is 9.19. The van der Waals surface area contributed by atoms with Crippen LogP contribution in [0.2, 0.25) is 0 Å². The summed E-state index contributed by atoms with van der Waals surface area (Å²) in [4.78, 5) is 26.8. The van der Waals surface area contributed by atoms with E-state index in [-0.39, 0.29) is 17.9 Å². The van der Waals surface area contributed by atoms with E-state index in [1.165, 1.54) is 0 Å². The Morgan fingerprint density at radius 1 is 1.07 bits per heavy atom. The highest BCUT2D eigenvalue weighted by Crippen LogP contribution is 2.29. The highest BCUT2D eigenvalue weighted by Gasteiger charge is 2.30. The number of halogens is 3. The topological polar surface area (TPSA) is 61.4 Å². The van der Waals surface area contributed by atoms with Crippen molar-refractivity contribution in [2.45, 2.75) is 38.4 Å². The van der Waals surface area contributed by atoms with E-state index in [1.807, 2.05) is 24.3 Å². The molecular weight excluding hydrogens is 395 g/mol. The molecule has 2 amide bonds. The van der Waals surface area contributed by atoms with Crippen molar-refractivity contribution in [1.29, 1.82) is 0 Å². The van der Waals surface area contributed by atoms with E-state index in [0.717, 1.165) is 55.9 Å². The van der Waals surface area contributed by atoms with Gasteiger partial charge in [0.25, 0.3) is 5.91 Å². The van der Waals surface area contributed by atoms with E-state index < -0.39 is 23.7 Å². The Hall–Kier alpha value is -3.03. The number of anilines is 2. The van der Waals surface area contributed by atoms with Gasteiger partial charge in [-0.25, -0.2) is 0 Å². The van der Waals surface area contributed by atoms with Crippen LogP contribution in [0.25, 0.3) is 0 Å². The fraction of sp³-hybridized carbons (Fsp3) is 0.364. The molecule has 1 aliphatic heterocycles. The Morgan fingerprint density at radius 3 is 2.37 bits per heavy atom. The summed E-state index contributed by atoms with van der Waals surface area (Å²) in [6.45, 7) is 3.68. The summed E-state index contributed by atoms with van der Waals surface area (Å²) < 4.78 is 37.9. The number of alkyl halides is 3. The van der Waals surface area contributed by atoms with Gasteiger partial charge in [-0.2, -0.15) is 13.2 Å². The Kier molecular flexibility index (Phi) is 6.64. The highest BCUT2D eigenvalue weighted by atomic mass is 19.4. The van der Waals surface area contributed by atoms with Gasteiger partial charge < -0.3 is 15.5 Å². The smallest absolute Gasteiger partial charge is 0.371 e. The molecule has 1 aliphatic rings. The van der Waals surface area contributed by atoms with Crippen LogP contribution in [-0.4, -0.2) is 30.9 Å². The van der Waals surface area contributed by atoms with Gasteiger partial charge in [-0.1, -0.05) is 6.07 Å². The zero-order valence-electron chi connectivity index (χ0n) is 16.6. The van der Waals surface area contributed by atoms with Crippen molar-refractivity contribution in [1.82, 2.24) is 5.32 Å². The average Bonchev–Trinajstić information content (AvgIpc) is 3.22. The first-order valence-corrected chi connectivity index (χ1v) is 9.85. The van der Waals surface area contributed by atoms with Gasteiger partial charge in [0, 0.05) is 42.5 Å². The first-order chi connectivity index (χ1) is 14.2. The van der Waals surface area contributed by atoms with E-state index in [1.54, 1.807) is 6.92 Å². The minimum atomic E-state index is -4.45. The third kappa shape index (κ3) is 5.75. The van der Waals surface area contributed by atoms with Gasteiger partial charge in [0.2, 0.25) is 5.91 Å². The third-order valence-corrected chi connectivity index (χ3v) is 4.94. The van der Waals surface area contributed by atoms with Crippen molar-refractivity contribution in [2.24, 2.45) is 0 Å². The molecule has 8 heteroatoms. The number of nitrogens with one attached hydrogen (secondary N) is 2. The SMILES string of the molecule is CC(CC(=O)Nc1cccc(N2CCCC2)c1)NC(=O)c1ccc(C(F)(F)F)cc1. The van der Waals surface area contributed by atoms with Crippen LogP contribution >= 0.6 is 0 Å². The van der Waals surface area contributed by atoms with Crippen LogP contribution in [0.5, 0.6) is 0 Å². The number of hydrogen-bond acceptors (Lipinski definition) is 3. The molecule has 3 rings (SSSR count). The maximum Gasteiger partial charge on any atom is 0.416 e. The number of carbonyl (C=O) groups excluding carboxylic acids is 2. The summed E-state index contributed by atoms with van der Waals surface area (Å²) in [7, 11) is 0. The molecule has 2 aromatic carbocycles. The van der Waals surface area contributed by atoms with E-state index in [9.17, 15) is 22.8 Å². The third-order valence-electron chi connectivity index (χ3n) is 4.94. The lowest BCUT2D eigenvalue weighted by molar-refractivity contribution is -0.137. The van der Waals surface area contributed by atoms with Crippen molar-refractivity contribution in [2.75, 3.05) is 23.3 Å². The summed E-state index contributed by atoms with van der Waals surface area (Å²) in [5.41, 5.74) is 1.04. The summed E-state index contributed by atoms with van der Waals surface area (Å²) in [6.07, 6.45) is -2.09. The lowest BCUT2D eigenvalue weighted by Crippen LogP contribution is -2.35. The van der Waals surface area contributed by atoms with Crippen LogP contribution in [0.1, 0.15) is 42.1 Å². The van der Waals surface area contributed by atoms with Gasteiger partial charge >= 0.3 is 6.18 Å². The van der Waals surface area contributed by atoms with Crippen molar-refractivity contribution < 1.29 is 22.8 Å². The second-order valence-electron chi connectivity index (χ2n) is 7.45. The van der Waals surface area contributed by atoms with Crippen LogP contribution in [-0.2, 0) is 11.0 Å². The quantitative estimate of drug-likeness (QED) is 0.727. The predicted octanol–water partition coefficient (Wildman–Crippen LogP) is 4.45.